The molecule has 0 aliphatic heterocycles. The van der Waals surface area contributed by atoms with Gasteiger partial charge in [0, 0.05) is 12.5 Å². The van der Waals surface area contributed by atoms with E-state index >= 15 is 0 Å². The first-order valence-electron chi connectivity index (χ1n) is 8.24. The number of anilines is 1. The van der Waals surface area contributed by atoms with Crippen LogP contribution in [0.25, 0.3) is 6.08 Å². The van der Waals surface area contributed by atoms with Gasteiger partial charge in [0.25, 0.3) is 0 Å². The molecule has 7 heteroatoms. The second-order valence-electron chi connectivity index (χ2n) is 5.62. The zero-order chi connectivity index (χ0) is 19.1. The predicted molar refractivity (Wildman–Crippen MR) is 106 cm³/mol. The Morgan fingerprint density at radius 1 is 1.00 bits per heavy atom. The number of amides is 1. The normalized spacial score (nSPS) is 10.7. The fourth-order valence-electron chi connectivity index (χ4n) is 2.33. The molecule has 2 aromatic carbocycles. The van der Waals surface area contributed by atoms with Gasteiger partial charge in [0.1, 0.15) is 16.5 Å². The number of nitrogens with zero attached hydrogens (tertiary/aromatic N) is 2. The maximum atomic E-state index is 12.0. The van der Waals surface area contributed by atoms with Crippen molar-refractivity contribution < 1.29 is 14.3 Å². The number of carbonyl (C=O) groups excluding carboxylic acids is 1. The number of hydrogen-bond acceptors (Lipinski definition) is 6. The lowest BCUT2D eigenvalue weighted by Gasteiger charge is -2.01. The summed E-state index contributed by atoms with van der Waals surface area (Å²) < 4.78 is 10.3. The van der Waals surface area contributed by atoms with E-state index in [1.807, 2.05) is 48.5 Å². The third-order valence-corrected chi connectivity index (χ3v) is 4.59. The zero-order valence-corrected chi connectivity index (χ0v) is 15.8. The van der Waals surface area contributed by atoms with Gasteiger partial charge in [-0.2, -0.15) is 0 Å². The van der Waals surface area contributed by atoms with E-state index in [2.05, 4.69) is 15.5 Å². The average Bonchev–Trinajstić information content (AvgIpc) is 3.14. The van der Waals surface area contributed by atoms with Crippen molar-refractivity contribution in [1.29, 1.82) is 0 Å². The van der Waals surface area contributed by atoms with Gasteiger partial charge in [-0.05, 0) is 41.5 Å². The van der Waals surface area contributed by atoms with E-state index in [9.17, 15) is 4.79 Å². The minimum atomic E-state index is -0.252. The number of rotatable bonds is 7. The molecule has 6 nitrogen and oxygen atoms in total. The molecule has 0 atom stereocenters. The number of benzene rings is 2. The van der Waals surface area contributed by atoms with Crippen LogP contribution < -0.4 is 14.8 Å². The molecule has 0 spiro atoms. The molecular weight excluding hydrogens is 362 g/mol. The quantitative estimate of drug-likeness (QED) is 0.630. The Hall–Kier alpha value is -3.19. The van der Waals surface area contributed by atoms with Crippen LogP contribution in [0.1, 0.15) is 16.1 Å². The topological polar surface area (TPSA) is 73.3 Å². The molecule has 0 unspecified atom stereocenters. The van der Waals surface area contributed by atoms with Crippen molar-refractivity contribution in [3.63, 3.8) is 0 Å². The van der Waals surface area contributed by atoms with Crippen LogP contribution in [0.2, 0.25) is 0 Å². The van der Waals surface area contributed by atoms with Gasteiger partial charge in [0.2, 0.25) is 11.0 Å². The number of methoxy groups -OCH3 is 2. The summed E-state index contributed by atoms with van der Waals surface area (Å²) in [6, 6.07) is 15.2. The number of ether oxygens (including phenoxy) is 2. The summed E-state index contributed by atoms with van der Waals surface area (Å²) in [5, 5.41) is 12.2. The van der Waals surface area contributed by atoms with Gasteiger partial charge in [-0.3, -0.25) is 10.1 Å². The summed E-state index contributed by atoms with van der Waals surface area (Å²) in [6.07, 6.45) is 3.85. The molecule has 0 fully saturated rings. The van der Waals surface area contributed by atoms with Crippen LogP contribution in [0.5, 0.6) is 11.5 Å². The van der Waals surface area contributed by atoms with E-state index in [0.29, 0.717) is 11.6 Å². The first kappa shape index (κ1) is 18.6. The van der Waals surface area contributed by atoms with Crippen molar-refractivity contribution >= 4 is 28.5 Å². The molecule has 3 aromatic rings. The summed E-state index contributed by atoms with van der Waals surface area (Å²) in [4.78, 5) is 12.0. The lowest BCUT2D eigenvalue weighted by Crippen LogP contribution is -2.07. The maximum Gasteiger partial charge on any atom is 0.250 e. The molecule has 0 aliphatic carbocycles. The second kappa shape index (κ2) is 8.95. The largest absolute Gasteiger partial charge is 0.497 e. The van der Waals surface area contributed by atoms with Gasteiger partial charge in [0.15, 0.2) is 0 Å². The van der Waals surface area contributed by atoms with Crippen LogP contribution in [0.15, 0.2) is 54.6 Å². The molecule has 1 heterocycles. The molecule has 1 N–H and O–H groups in total. The number of aromatic nitrogens is 2. The average molecular weight is 381 g/mol. The number of nitrogens with one attached hydrogen (secondary N) is 1. The monoisotopic (exact) mass is 381 g/mol. The molecule has 0 saturated carbocycles. The first-order chi connectivity index (χ1) is 13.2. The van der Waals surface area contributed by atoms with Crippen LogP contribution in [0, 0.1) is 0 Å². The molecule has 138 valence electrons. The summed E-state index contributed by atoms with van der Waals surface area (Å²) in [5.41, 5.74) is 2.01. The Balaban J connectivity index is 1.55. The smallest absolute Gasteiger partial charge is 0.250 e. The molecule has 1 aromatic heterocycles. The minimum Gasteiger partial charge on any atom is -0.497 e. The highest BCUT2D eigenvalue weighted by Gasteiger charge is 2.07. The van der Waals surface area contributed by atoms with Crippen LogP contribution in [-0.2, 0) is 11.2 Å². The van der Waals surface area contributed by atoms with Crippen LogP contribution >= 0.6 is 11.3 Å². The van der Waals surface area contributed by atoms with Gasteiger partial charge in [-0.1, -0.05) is 35.6 Å². The van der Waals surface area contributed by atoms with Gasteiger partial charge in [-0.15, -0.1) is 10.2 Å². The Morgan fingerprint density at radius 3 is 2.26 bits per heavy atom. The van der Waals surface area contributed by atoms with E-state index in [1.54, 1.807) is 20.3 Å². The first-order valence-corrected chi connectivity index (χ1v) is 9.06. The van der Waals surface area contributed by atoms with Crippen LogP contribution in [-0.4, -0.2) is 30.3 Å². The summed E-state index contributed by atoms with van der Waals surface area (Å²) in [7, 11) is 3.25. The second-order valence-corrected chi connectivity index (χ2v) is 6.68. The molecule has 27 heavy (non-hydrogen) atoms. The summed E-state index contributed by atoms with van der Waals surface area (Å²) >= 11 is 1.36. The van der Waals surface area contributed by atoms with Gasteiger partial charge in [-0.25, -0.2) is 0 Å². The molecule has 0 aliphatic rings. The fraction of sp³-hybridized carbons (Fsp3) is 0.150. The van der Waals surface area contributed by atoms with Gasteiger partial charge < -0.3 is 9.47 Å². The molecule has 0 radical (unpaired) electrons. The number of hydrogen-bond donors (Lipinski definition) is 1. The van der Waals surface area contributed by atoms with Crippen molar-refractivity contribution in [2.75, 3.05) is 19.5 Å². The standard InChI is InChI=1S/C20H19N3O3S/c1-25-16-8-3-14(4-9-16)7-12-18(24)21-20-23-22-19(27-20)13-15-5-10-17(26-2)11-6-15/h3-12H,13H2,1-2H3,(H,21,23,24)/b12-7+. The highest BCUT2D eigenvalue weighted by atomic mass is 32.1. The van der Waals surface area contributed by atoms with Crippen molar-refractivity contribution in [3.8, 4) is 11.5 Å². The minimum absolute atomic E-state index is 0.252. The Kier molecular flexibility index (Phi) is 6.17. The molecular formula is C20H19N3O3S. The SMILES string of the molecule is COc1ccc(/C=C/C(=O)Nc2nnc(Cc3ccc(OC)cc3)s2)cc1. The van der Waals surface area contributed by atoms with Crippen molar-refractivity contribution in [3.05, 3.63) is 70.7 Å². The van der Waals surface area contributed by atoms with E-state index in [4.69, 9.17) is 9.47 Å². The summed E-state index contributed by atoms with van der Waals surface area (Å²) in [5.74, 6) is 1.33. The van der Waals surface area contributed by atoms with E-state index in [1.165, 1.54) is 17.4 Å². The van der Waals surface area contributed by atoms with E-state index in [0.717, 1.165) is 27.6 Å². The van der Waals surface area contributed by atoms with Crippen molar-refractivity contribution in [2.45, 2.75) is 6.42 Å². The van der Waals surface area contributed by atoms with E-state index < -0.39 is 0 Å². The third kappa shape index (κ3) is 5.39. The highest BCUT2D eigenvalue weighted by Crippen LogP contribution is 2.20. The lowest BCUT2D eigenvalue weighted by atomic mass is 10.1. The van der Waals surface area contributed by atoms with Gasteiger partial charge >= 0.3 is 0 Å². The van der Waals surface area contributed by atoms with E-state index in [-0.39, 0.29) is 5.91 Å². The molecule has 1 amide bonds. The lowest BCUT2D eigenvalue weighted by molar-refractivity contribution is -0.111. The Labute approximate surface area is 161 Å². The van der Waals surface area contributed by atoms with Crippen molar-refractivity contribution in [2.24, 2.45) is 0 Å². The predicted octanol–water partition coefficient (Wildman–Crippen LogP) is 3.80. The van der Waals surface area contributed by atoms with Crippen LogP contribution in [0.4, 0.5) is 5.13 Å². The maximum absolute atomic E-state index is 12.0. The Bertz CT molecular complexity index is 918. The number of carbonyl (C=O) groups is 1. The third-order valence-electron chi connectivity index (χ3n) is 3.75. The Morgan fingerprint density at radius 2 is 1.63 bits per heavy atom. The van der Waals surface area contributed by atoms with Gasteiger partial charge in [0.05, 0.1) is 14.2 Å². The zero-order valence-electron chi connectivity index (χ0n) is 15.0. The molecule has 3 rings (SSSR count). The summed E-state index contributed by atoms with van der Waals surface area (Å²) in [6.45, 7) is 0. The fourth-order valence-corrected chi connectivity index (χ4v) is 3.10. The van der Waals surface area contributed by atoms with Crippen LogP contribution in [0.3, 0.4) is 0 Å². The highest BCUT2D eigenvalue weighted by molar-refractivity contribution is 7.15. The van der Waals surface area contributed by atoms with Crippen molar-refractivity contribution in [1.82, 2.24) is 10.2 Å². The molecule has 0 bridgehead atoms. The molecule has 0 saturated heterocycles.